The van der Waals surface area contributed by atoms with Crippen molar-refractivity contribution in [3.63, 3.8) is 0 Å². The first-order valence-electron chi connectivity index (χ1n) is 8.92. The lowest BCUT2D eigenvalue weighted by atomic mass is 10.1. The second-order valence-corrected chi connectivity index (χ2v) is 7.11. The van der Waals surface area contributed by atoms with E-state index in [1.807, 2.05) is 18.2 Å². The third-order valence-corrected chi connectivity index (χ3v) is 3.56. The predicted molar refractivity (Wildman–Crippen MR) is 107 cm³/mol. The van der Waals surface area contributed by atoms with Gasteiger partial charge in [0.25, 0.3) is 5.91 Å². The molecule has 0 heterocycles. The Hall–Kier alpha value is -3.35. The van der Waals surface area contributed by atoms with Crippen molar-refractivity contribution in [1.82, 2.24) is 10.6 Å². The molecule has 0 aliphatic heterocycles. The van der Waals surface area contributed by atoms with Crippen molar-refractivity contribution in [2.75, 3.05) is 11.9 Å². The van der Waals surface area contributed by atoms with E-state index in [1.165, 1.54) is 0 Å². The number of para-hydroxylation sites is 1. The van der Waals surface area contributed by atoms with Gasteiger partial charge in [-0.1, -0.05) is 36.4 Å². The number of nitrogens with one attached hydrogen (secondary N) is 3. The third-order valence-electron chi connectivity index (χ3n) is 3.56. The van der Waals surface area contributed by atoms with Gasteiger partial charge in [-0.25, -0.2) is 4.79 Å². The van der Waals surface area contributed by atoms with Crippen LogP contribution in [0.5, 0.6) is 0 Å². The first-order valence-corrected chi connectivity index (χ1v) is 8.92. The summed E-state index contributed by atoms with van der Waals surface area (Å²) in [6, 6.07) is 16.0. The maximum Gasteiger partial charge on any atom is 0.408 e. The van der Waals surface area contributed by atoms with E-state index in [9.17, 15) is 14.4 Å². The highest BCUT2D eigenvalue weighted by atomic mass is 16.6. The minimum atomic E-state index is -0.661. The zero-order chi connectivity index (χ0) is 20.6. The molecule has 7 nitrogen and oxygen atoms in total. The summed E-state index contributed by atoms with van der Waals surface area (Å²) < 4.78 is 5.09. The van der Waals surface area contributed by atoms with E-state index in [-0.39, 0.29) is 19.0 Å². The van der Waals surface area contributed by atoms with Crippen molar-refractivity contribution < 1.29 is 19.1 Å². The normalized spacial score (nSPS) is 10.7. The minimum absolute atomic E-state index is 0.201. The SMILES string of the molecule is CC(C)(C)OC(=O)NCC(=O)Nc1ccccc1CNC(=O)c1ccccc1. The molecule has 28 heavy (non-hydrogen) atoms. The van der Waals surface area contributed by atoms with Crippen LogP contribution in [0.2, 0.25) is 0 Å². The highest BCUT2D eigenvalue weighted by Gasteiger charge is 2.17. The van der Waals surface area contributed by atoms with Gasteiger partial charge in [0.2, 0.25) is 5.91 Å². The maximum absolute atomic E-state index is 12.2. The van der Waals surface area contributed by atoms with Gasteiger partial charge in [0.15, 0.2) is 0 Å². The lowest BCUT2D eigenvalue weighted by Gasteiger charge is -2.19. The molecular weight excluding hydrogens is 358 g/mol. The number of rotatable bonds is 6. The number of alkyl carbamates (subject to hydrolysis) is 1. The molecule has 2 rings (SSSR count). The molecule has 0 aromatic heterocycles. The van der Waals surface area contributed by atoms with Crippen molar-refractivity contribution in [2.45, 2.75) is 32.9 Å². The van der Waals surface area contributed by atoms with Crippen LogP contribution in [0.15, 0.2) is 54.6 Å². The zero-order valence-corrected chi connectivity index (χ0v) is 16.2. The van der Waals surface area contributed by atoms with Gasteiger partial charge in [-0.3, -0.25) is 9.59 Å². The van der Waals surface area contributed by atoms with Crippen LogP contribution < -0.4 is 16.0 Å². The third kappa shape index (κ3) is 7.11. The molecule has 148 valence electrons. The summed E-state index contributed by atoms with van der Waals surface area (Å²) in [5.41, 5.74) is 1.24. The number of amides is 3. The van der Waals surface area contributed by atoms with Gasteiger partial charge in [0.05, 0.1) is 0 Å². The summed E-state index contributed by atoms with van der Waals surface area (Å²) in [7, 11) is 0. The van der Waals surface area contributed by atoms with Gasteiger partial charge in [-0.2, -0.15) is 0 Å². The van der Waals surface area contributed by atoms with E-state index in [2.05, 4.69) is 16.0 Å². The monoisotopic (exact) mass is 383 g/mol. The molecule has 0 fully saturated rings. The number of carbonyl (C=O) groups is 3. The Kier molecular flexibility index (Phi) is 7.14. The number of anilines is 1. The van der Waals surface area contributed by atoms with Crippen LogP contribution in [0.3, 0.4) is 0 Å². The smallest absolute Gasteiger partial charge is 0.408 e. The predicted octanol–water partition coefficient (Wildman–Crippen LogP) is 3.08. The average molecular weight is 383 g/mol. The standard InChI is InChI=1S/C21H25N3O4/c1-21(2,3)28-20(27)23-14-18(25)24-17-12-8-7-11-16(17)13-22-19(26)15-9-5-4-6-10-15/h4-12H,13-14H2,1-3H3,(H,22,26)(H,23,27)(H,24,25). The summed E-state index contributed by atoms with van der Waals surface area (Å²) >= 11 is 0. The van der Waals surface area contributed by atoms with Gasteiger partial charge >= 0.3 is 6.09 Å². The highest BCUT2D eigenvalue weighted by molar-refractivity contribution is 5.95. The largest absolute Gasteiger partial charge is 0.444 e. The van der Waals surface area contributed by atoms with Crippen LogP contribution in [0, 0.1) is 0 Å². The summed E-state index contributed by atoms with van der Waals surface area (Å²) in [6.45, 7) is 5.26. The fraction of sp³-hybridized carbons (Fsp3) is 0.286. The second kappa shape index (κ2) is 9.55. The van der Waals surface area contributed by atoms with Crippen LogP contribution in [-0.4, -0.2) is 30.1 Å². The molecule has 0 aliphatic rings. The summed E-state index contributed by atoms with van der Waals surface area (Å²) in [5, 5.41) is 7.96. The van der Waals surface area contributed by atoms with Gasteiger partial charge in [-0.05, 0) is 44.5 Å². The molecule has 3 amide bonds. The molecule has 0 unspecified atom stereocenters. The Balaban J connectivity index is 1.90. The molecule has 3 N–H and O–H groups in total. The first kappa shape index (κ1) is 21.0. The maximum atomic E-state index is 12.2. The molecule has 0 spiro atoms. The van der Waals surface area contributed by atoms with Crippen LogP contribution in [0.4, 0.5) is 10.5 Å². The lowest BCUT2D eigenvalue weighted by molar-refractivity contribution is -0.115. The highest BCUT2D eigenvalue weighted by Crippen LogP contribution is 2.15. The van der Waals surface area contributed by atoms with Gasteiger partial charge in [0.1, 0.15) is 12.1 Å². The van der Waals surface area contributed by atoms with Gasteiger partial charge in [0, 0.05) is 17.8 Å². The van der Waals surface area contributed by atoms with Crippen molar-refractivity contribution in [3.05, 3.63) is 65.7 Å². The average Bonchev–Trinajstić information content (AvgIpc) is 2.65. The number of ether oxygens (including phenoxy) is 1. The molecule has 7 heteroatoms. The topological polar surface area (TPSA) is 96.5 Å². The molecule has 0 saturated carbocycles. The summed E-state index contributed by atoms with van der Waals surface area (Å²) in [5.74, 6) is -0.596. The molecule has 2 aromatic carbocycles. The van der Waals surface area contributed by atoms with E-state index < -0.39 is 17.6 Å². The number of hydrogen-bond donors (Lipinski definition) is 3. The molecule has 2 aromatic rings. The Morgan fingerprint density at radius 3 is 2.21 bits per heavy atom. The summed E-state index contributed by atoms with van der Waals surface area (Å²) in [4.78, 5) is 35.9. The lowest BCUT2D eigenvalue weighted by Crippen LogP contribution is -2.37. The van der Waals surface area contributed by atoms with E-state index >= 15 is 0 Å². The molecular formula is C21H25N3O4. The molecule has 0 aliphatic carbocycles. The van der Waals surface area contributed by atoms with E-state index in [1.54, 1.807) is 57.2 Å². The van der Waals surface area contributed by atoms with Crippen LogP contribution in [0.25, 0.3) is 0 Å². The van der Waals surface area contributed by atoms with Gasteiger partial charge < -0.3 is 20.7 Å². The van der Waals surface area contributed by atoms with Crippen LogP contribution in [-0.2, 0) is 16.1 Å². The van der Waals surface area contributed by atoms with Crippen molar-refractivity contribution in [2.24, 2.45) is 0 Å². The van der Waals surface area contributed by atoms with Crippen molar-refractivity contribution in [3.8, 4) is 0 Å². The quantitative estimate of drug-likeness (QED) is 0.714. The Morgan fingerprint density at radius 2 is 1.54 bits per heavy atom. The number of carbonyl (C=O) groups excluding carboxylic acids is 3. The second-order valence-electron chi connectivity index (χ2n) is 7.11. The Bertz CT molecular complexity index is 829. The van der Waals surface area contributed by atoms with Crippen molar-refractivity contribution >= 4 is 23.6 Å². The van der Waals surface area contributed by atoms with E-state index in [0.717, 1.165) is 5.56 Å². The first-order chi connectivity index (χ1) is 13.2. The van der Waals surface area contributed by atoms with Crippen molar-refractivity contribution in [1.29, 1.82) is 0 Å². The molecule has 0 radical (unpaired) electrons. The minimum Gasteiger partial charge on any atom is -0.444 e. The van der Waals surface area contributed by atoms with Crippen LogP contribution >= 0.6 is 0 Å². The van der Waals surface area contributed by atoms with E-state index in [4.69, 9.17) is 4.74 Å². The summed E-state index contributed by atoms with van der Waals surface area (Å²) in [6.07, 6.45) is -0.661. The number of benzene rings is 2. The fourth-order valence-electron chi connectivity index (χ4n) is 2.32. The Morgan fingerprint density at radius 1 is 0.893 bits per heavy atom. The van der Waals surface area contributed by atoms with Gasteiger partial charge in [-0.15, -0.1) is 0 Å². The fourth-order valence-corrected chi connectivity index (χ4v) is 2.32. The van der Waals surface area contributed by atoms with E-state index in [0.29, 0.717) is 11.3 Å². The Labute approximate surface area is 164 Å². The van der Waals surface area contributed by atoms with Crippen LogP contribution in [0.1, 0.15) is 36.7 Å². The molecule has 0 saturated heterocycles. The molecule has 0 atom stereocenters. The molecule has 0 bridgehead atoms. The number of hydrogen-bond acceptors (Lipinski definition) is 4. The zero-order valence-electron chi connectivity index (χ0n) is 16.2.